The third-order valence-corrected chi connectivity index (χ3v) is 1.85. The van der Waals surface area contributed by atoms with E-state index in [4.69, 9.17) is 21.6 Å². The van der Waals surface area contributed by atoms with Crippen LogP contribution in [-0.4, -0.2) is 22.2 Å². The molecule has 0 aliphatic rings. The Bertz CT molecular complexity index is 312. The molecular weight excluding hydrogens is 251 g/mol. The number of nitrogens with zero attached hydrogens (tertiary/aromatic N) is 1. The number of hydrogen-bond donors (Lipinski definition) is 2. The molecule has 1 aromatic heterocycles. The van der Waals surface area contributed by atoms with Crippen LogP contribution in [0, 0.1) is 5.82 Å². The van der Waals surface area contributed by atoms with Gasteiger partial charge in [0.05, 0.1) is 0 Å². The third kappa shape index (κ3) is 1.95. The lowest BCUT2D eigenvalue weighted by atomic mass is 9.81. The van der Waals surface area contributed by atoms with E-state index in [2.05, 4.69) is 20.9 Å². The average molecular weight is 254 g/mol. The molecule has 2 N–H and O–H groups in total. The monoisotopic (exact) mass is 253 g/mol. The summed E-state index contributed by atoms with van der Waals surface area (Å²) in [6.45, 7) is 0. The molecule has 1 heterocycles. The molecule has 0 aromatic carbocycles. The predicted octanol–water partition coefficient (Wildman–Crippen LogP) is 0.316. The minimum Gasteiger partial charge on any atom is -0.423 e. The molecule has 7 heteroatoms. The van der Waals surface area contributed by atoms with Crippen LogP contribution in [0.15, 0.2) is 10.7 Å². The number of hydrogen-bond acceptors (Lipinski definition) is 3. The van der Waals surface area contributed by atoms with Crippen LogP contribution < -0.4 is 5.46 Å². The van der Waals surface area contributed by atoms with E-state index in [-0.39, 0.29) is 10.1 Å². The van der Waals surface area contributed by atoms with Gasteiger partial charge in [0, 0.05) is 5.46 Å². The zero-order chi connectivity index (χ0) is 9.30. The Labute approximate surface area is 81.5 Å². The predicted molar refractivity (Wildman–Crippen MR) is 46.7 cm³/mol. The number of halogens is 3. The van der Waals surface area contributed by atoms with E-state index >= 15 is 0 Å². The van der Waals surface area contributed by atoms with Gasteiger partial charge in [0.2, 0.25) is 0 Å². The van der Waals surface area contributed by atoms with Crippen molar-refractivity contribution in [3.05, 3.63) is 21.6 Å². The van der Waals surface area contributed by atoms with E-state index < -0.39 is 18.1 Å². The van der Waals surface area contributed by atoms with Crippen molar-refractivity contribution < 1.29 is 14.4 Å². The second-order valence-corrected chi connectivity index (χ2v) is 3.18. The van der Waals surface area contributed by atoms with Crippen molar-refractivity contribution in [1.82, 2.24) is 4.98 Å². The normalized spacial score (nSPS) is 10.1. The van der Waals surface area contributed by atoms with Crippen LogP contribution in [0.3, 0.4) is 0 Å². The van der Waals surface area contributed by atoms with Gasteiger partial charge in [-0.3, -0.25) is 0 Å². The maximum Gasteiger partial charge on any atom is 0.491 e. The summed E-state index contributed by atoms with van der Waals surface area (Å²) < 4.78 is 13.1. The molecule has 0 aliphatic carbocycles. The van der Waals surface area contributed by atoms with Crippen LogP contribution >= 0.6 is 27.5 Å². The van der Waals surface area contributed by atoms with Gasteiger partial charge in [-0.25, -0.2) is 9.37 Å². The van der Waals surface area contributed by atoms with Crippen molar-refractivity contribution in [2.24, 2.45) is 0 Å². The SMILES string of the molecule is OB(O)c1cc(Br)nc(Cl)c1F. The number of rotatable bonds is 1. The highest BCUT2D eigenvalue weighted by molar-refractivity contribution is 9.10. The Hall–Kier alpha value is -0.165. The summed E-state index contributed by atoms with van der Waals surface area (Å²) in [5, 5.41) is 16.9. The summed E-state index contributed by atoms with van der Waals surface area (Å²) in [6, 6.07) is 1.14. The molecule has 0 bridgehead atoms. The lowest BCUT2D eigenvalue weighted by Crippen LogP contribution is -2.33. The van der Waals surface area contributed by atoms with E-state index in [9.17, 15) is 4.39 Å². The highest BCUT2D eigenvalue weighted by Gasteiger charge is 2.20. The summed E-state index contributed by atoms with van der Waals surface area (Å²) in [7, 11) is -1.89. The fourth-order valence-corrected chi connectivity index (χ4v) is 1.40. The van der Waals surface area contributed by atoms with E-state index in [0.29, 0.717) is 0 Å². The van der Waals surface area contributed by atoms with Gasteiger partial charge in [0.25, 0.3) is 0 Å². The fourth-order valence-electron chi connectivity index (χ4n) is 0.674. The topological polar surface area (TPSA) is 53.4 Å². The van der Waals surface area contributed by atoms with Crippen LogP contribution in [0.25, 0.3) is 0 Å². The molecule has 0 unspecified atom stereocenters. The Morgan fingerprint density at radius 1 is 1.58 bits per heavy atom. The number of pyridine rings is 1. The van der Waals surface area contributed by atoms with Crippen LogP contribution in [0.5, 0.6) is 0 Å². The molecule has 0 atom stereocenters. The second-order valence-electron chi connectivity index (χ2n) is 2.01. The minimum absolute atomic E-state index is 0.247. The highest BCUT2D eigenvalue weighted by atomic mass is 79.9. The molecule has 0 aliphatic heterocycles. The van der Waals surface area contributed by atoms with Crippen LogP contribution in [-0.2, 0) is 0 Å². The largest absolute Gasteiger partial charge is 0.491 e. The minimum atomic E-state index is -1.89. The lowest BCUT2D eigenvalue weighted by Gasteiger charge is -2.02. The molecule has 0 fully saturated rings. The third-order valence-electron chi connectivity index (χ3n) is 1.19. The van der Waals surface area contributed by atoms with E-state index in [0.717, 1.165) is 6.07 Å². The molecular formula is C5H3BBrClFNO2. The molecule has 0 spiro atoms. The Morgan fingerprint density at radius 2 is 2.17 bits per heavy atom. The summed E-state index contributed by atoms with van der Waals surface area (Å²) in [5.74, 6) is -0.921. The summed E-state index contributed by atoms with van der Waals surface area (Å²) in [4.78, 5) is 3.50. The quantitative estimate of drug-likeness (QED) is 0.560. The van der Waals surface area contributed by atoms with E-state index in [1.165, 1.54) is 0 Å². The van der Waals surface area contributed by atoms with Gasteiger partial charge in [-0.1, -0.05) is 11.6 Å². The van der Waals surface area contributed by atoms with Crippen molar-refractivity contribution in [2.45, 2.75) is 0 Å². The maximum absolute atomic E-state index is 12.9. The summed E-state index contributed by atoms with van der Waals surface area (Å²) in [6.07, 6.45) is 0. The molecule has 0 amide bonds. The Morgan fingerprint density at radius 3 is 2.67 bits per heavy atom. The zero-order valence-corrected chi connectivity index (χ0v) is 7.97. The summed E-state index contributed by atoms with van der Waals surface area (Å²) >= 11 is 8.26. The van der Waals surface area contributed by atoms with E-state index in [1.807, 2.05) is 0 Å². The second kappa shape index (κ2) is 3.70. The van der Waals surface area contributed by atoms with Gasteiger partial charge in [-0.05, 0) is 22.0 Å². The van der Waals surface area contributed by atoms with Crippen molar-refractivity contribution in [1.29, 1.82) is 0 Å². The van der Waals surface area contributed by atoms with Crippen molar-refractivity contribution >= 4 is 40.1 Å². The first kappa shape index (κ1) is 9.92. The highest BCUT2D eigenvalue weighted by Crippen LogP contribution is 2.13. The first-order chi connectivity index (χ1) is 5.52. The van der Waals surface area contributed by atoms with Crippen molar-refractivity contribution in [3.8, 4) is 0 Å². The number of aromatic nitrogens is 1. The van der Waals surface area contributed by atoms with Crippen LogP contribution in [0.4, 0.5) is 4.39 Å². The van der Waals surface area contributed by atoms with Gasteiger partial charge < -0.3 is 10.0 Å². The standard InChI is InChI=1S/C5H3BBrClFNO2/c7-3-1-2(6(11)12)4(9)5(8)10-3/h1,11-12H. The molecule has 1 aromatic rings. The lowest BCUT2D eigenvalue weighted by molar-refractivity contribution is 0.423. The van der Waals surface area contributed by atoms with Gasteiger partial charge >= 0.3 is 7.12 Å². The van der Waals surface area contributed by atoms with Crippen LogP contribution in [0.1, 0.15) is 0 Å². The van der Waals surface area contributed by atoms with Gasteiger partial charge in [0.1, 0.15) is 4.60 Å². The molecule has 1 rings (SSSR count). The first-order valence-electron chi connectivity index (χ1n) is 2.90. The van der Waals surface area contributed by atoms with Crippen LogP contribution in [0.2, 0.25) is 5.15 Å². The molecule has 64 valence electrons. The zero-order valence-electron chi connectivity index (χ0n) is 5.63. The average Bonchev–Trinajstić information content (AvgIpc) is 1.96. The smallest absolute Gasteiger partial charge is 0.423 e. The molecule has 0 saturated carbocycles. The van der Waals surface area contributed by atoms with Gasteiger partial charge in [-0.15, -0.1) is 0 Å². The fraction of sp³-hybridized carbons (Fsp3) is 0. The molecule has 12 heavy (non-hydrogen) atoms. The first-order valence-corrected chi connectivity index (χ1v) is 4.07. The molecule has 0 radical (unpaired) electrons. The Kier molecular flexibility index (Phi) is 3.06. The van der Waals surface area contributed by atoms with E-state index in [1.54, 1.807) is 0 Å². The molecule has 0 saturated heterocycles. The van der Waals surface area contributed by atoms with Crippen molar-refractivity contribution in [2.75, 3.05) is 0 Å². The van der Waals surface area contributed by atoms with Gasteiger partial charge in [0.15, 0.2) is 11.0 Å². The Balaban J connectivity index is 3.28. The van der Waals surface area contributed by atoms with Crippen molar-refractivity contribution in [3.63, 3.8) is 0 Å². The maximum atomic E-state index is 12.9. The molecule has 3 nitrogen and oxygen atoms in total. The summed E-state index contributed by atoms with van der Waals surface area (Å²) in [5.41, 5.74) is -0.304. The van der Waals surface area contributed by atoms with Gasteiger partial charge in [-0.2, -0.15) is 0 Å².